The first kappa shape index (κ1) is 14.1. The van der Waals surface area contributed by atoms with Crippen molar-refractivity contribution in [3.8, 4) is 11.1 Å². The standard InChI is InChI=1S/C18H17.Li/c1-12-7-13(2)10-16(9-12)17-6-4-5-15-8-14(3)11-18(15)17;/h4-11H,1-3H3;/q-1;+1. The number of hydrogen-bond donors (Lipinski definition) is 0. The fourth-order valence-electron chi connectivity index (χ4n) is 2.77. The van der Waals surface area contributed by atoms with E-state index in [4.69, 9.17) is 0 Å². The summed E-state index contributed by atoms with van der Waals surface area (Å²) < 4.78 is 0. The summed E-state index contributed by atoms with van der Waals surface area (Å²) in [5, 5.41) is 2.70. The van der Waals surface area contributed by atoms with Crippen LogP contribution in [0.4, 0.5) is 0 Å². The van der Waals surface area contributed by atoms with Crippen LogP contribution in [0.5, 0.6) is 0 Å². The molecule has 19 heavy (non-hydrogen) atoms. The van der Waals surface area contributed by atoms with Gasteiger partial charge in [-0.15, -0.1) is 34.5 Å². The molecule has 0 bridgehead atoms. The minimum Gasteiger partial charge on any atom is -0.165 e. The van der Waals surface area contributed by atoms with Gasteiger partial charge in [-0.1, -0.05) is 47.9 Å². The van der Waals surface area contributed by atoms with Gasteiger partial charge in [0.05, 0.1) is 0 Å². The topological polar surface area (TPSA) is 0 Å². The van der Waals surface area contributed by atoms with E-state index in [1.807, 2.05) is 0 Å². The van der Waals surface area contributed by atoms with Crippen LogP contribution in [0.15, 0.2) is 48.5 Å². The zero-order valence-corrected chi connectivity index (χ0v) is 12.1. The molecule has 0 saturated heterocycles. The predicted molar refractivity (Wildman–Crippen MR) is 79.2 cm³/mol. The summed E-state index contributed by atoms with van der Waals surface area (Å²) in [6.45, 7) is 6.48. The third-order valence-corrected chi connectivity index (χ3v) is 3.43. The van der Waals surface area contributed by atoms with E-state index in [0.717, 1.165) is 0 Å². The Morgan fingerprint density at radius 3 is 2.21 bits per heavy atom. The largest absolute Gasteiger partial charge is 1.00 e. The van der Waals surface area contributed by atoms with E-state index in [1.54, 1.807) is 0 Å². The van der Waals surface area contributed by atoms with Gasteiger partial charge in [0.2, 0.25) is 0 Å². The van der Waals surface area contributed by atoms with Crippen molar-refractivity contribution in [1.29, 1.82) is 0 Å². The molecule has 0 atom stereocenters. The Kier molecular flexibility index (Phi) is 3.95. The molecule has 0 nitrogen and oxygen atoms in total. The van der Waals surface area contributed by atoms with E-state index < -0.39 is 0 Å². The Bertz CT molecular complexity index is 699. The second kappa shape index (κ2) is 5.33. The molecule has 0 unspecified atom stereocenters. The minimum absolute atomic E-state index is 0. The molecule has 0 aromatic heterocycles. The van der Waals surface area contributed by atoms with Crippen LogP contribution in [-0.2, 0) is 0 Å². The molecule has 0 aliphatic carbocycles. The van der Waals surface area contributed by atoms with Crippen molar-refractivity contribution in [2.24, 2.45) is 0 Å². The zero-order chi connectivity index (χ0) is 12.7. The number of rotatable bonds is 1. The van der Waals surface area contributed by atoms with E-state index in [1.165, 1.54) is 38.6 Å². The van der Waals surface area contributed by atoms with Crippen LogP contribution >= 0.6 is 0 Å². The number of benzene rings is 2. The summed E-state index contributed by atoms with van der Waals surface area (Å²) >= 11 is 0. The maximum atomic E-state index is 2.28. The summed E-state index contributed by atoms with van der Waals surface area (Å²) in [5.41, 5.74) is 6.65. The molecule has 3 rings (SSSR count). The van der Waals surface area contributed by atoms with Gasteiger partial charge in [-0.2, -0.15) is 6.07 Å². The van der Waals surface area contributed by atoms with Crippen molar-refractivity contribution in [3.63, 3.8) is 0 Å². The molecule has 0 heterocycles. The normalized spacial score (nSPS) is 10.5. The first-order chi connectivity index (χ1) is 8.63. The van der Waals surface area contributed by atoms with Gasteiger partial charge in [-0.05, 0) is 19.4 Å². The SMILES string of the molecule is Cc1cc(C)cc(-c2cccc3[cH-]c(C)cc23)c1.[Li+]. The van der Waals surface area contributed by atoms with Gasteiger partial charge >= 0.3 is 18.9 Å². The minimum atomic E-state index is 0. The third-order valence-electron chi connectivity index (χ3n) is 3.43. The smallest absolute Gasteiger partial charge is 0.165 e. The Morgan fingerprint density at radius 1 is 0.842 bits per heavy atom. The summed E-state index contributed by atoms with van der Waals surface area (Å²) in [7, 11) is 0. The molecule has 0 aliphatic heterocycles. The van der Waals surface area contributed by atoms with Crippen molar-refractivity contribution in [2.75, 3.05) is 0 Å². The van der Waals surface area contributed by atoms with Crippen LogP contribution in [0.3, 0.4) is 0 Å². The van der Waals surface area contributed by atoms with Gasteiger partial charge < -0.3 is 0 Å². The van der Waals surface area contributed by atoms with E-state index in [2.05, 4.69) is 69.3 Å². The monoisotopic (exact) mass is 240 g/mol. The van der Waals surface area contributed by atoms with E-state index >= 15 is 0 Å². The second-order valence-corrected chi connectivity index (χ2v) is 5.22. The molecule has 0 saturated carbocycles. The van der Waals surface area contributed by atoms with Gasteiger partial charge in [0.15, 0.2) is 0 Å². The average Bonchev–Trinajstić information content (AvgIpc) is 2.67. The van der Waals surface area contributed by atoms with E-state index in [9.17, 15) is 0 Å². The quantitative estimate of drug-likeness (QED) is 0.451. The number of fused-ring (bicyclic) bond motifs is 1. The van der Waals surface area contributed by atoms with Crippen molar-refractivity contribution < 1.29 is 18.9 Å². The Hall–Kier alpha value is -1.35. The maximum absolute atomic E-state index is 2.28. The van der Waals surface area contributed by atoms with Crippen molar-refractivity contribution in [1.82, 2.24) is 0 Å². The molecule has 0 spiro atoms. The third kappa shape index (κ3) is 2.66. The summed E-state index contributed by atoms with van der Waals surface area (Å²) in [5.74, 6) is 0. The summed E-state index contributed by atoms with van der Waals surface area (Å²) in [6, 6.07) is 17.8. The van der Waals surface area contributed by atoms with Gasteiger partial charge in [-0.3, -0.25) is 0 Å². The van der Waals surface area contributed by atoms with Crippen molar-refractivity contribution >= 4 is 10.8 Å². The second-order valence-electron chi connectivity index (χ2n) is 5.22. The number of aryl methyl sites for hydroxylation is 3. The van der Waals surface area contributed by atoms with Crippen LogP contribution < -0.4 is 18.9 Å². The Morgan fingerprint density at radius 2 is 1.53 bits per heavy atom. The summed E-state index contributed by atoms with van der Waals surface area (Å²) in [6.07, 6.45) is 0. The number of hydrogen-bond acceptors (Lipinski definition) is 0. The molecule has 3 aromatic rings. The Labute approximate surface area is 127 Å². The molecule has 1 heteroatoms. The van der Waals surface area contributed by atoms with Crippen LogP contribution in [0, 0.1) is 20.8 Å². The van der Waals surface area contributed by atoms with Crippen molar-refractivity contribution in [2.45, 2.75) is 20.8 Å². The van der Waals surface area contributed by atoms with Crippen LogP contribution in [-0.4, -0.2) is 0 Å². The van der Waals surface area contributed by atoms with Gasteiger partial charge in [0, 0.05) is 0 Å². The van der Waals surface area contributed by atoms with Gasteiger partial charge in [-0.25, -0.2) is 0 Å². The molecule has 3 aromatic carbocycles. The molecule has 0 radical (unpaired) electrons. The summed E-state index contributed by atoms with van der Waals surface area (Å²) in [4.78, 5) is 0. The van der Waals surface area contributed by atoms with Crippen LogP contribution in [0.1, 0.15) is 16.7 Å². The molecule has 0 fully saturated rings. The molecular formula is C18H17Li. The fourth-order valence-corrected chi connectivity index (χ4v) is 2.77. The zero-order valence-electron chi connectivity index (χ0n) is 12.1. The van der Waals surface area contributed by atoms with E-state index in [0.29, 0.717) is 0 Å². The Balaban J connectivity index is 0.00000133. The maximum Gasteiger partial charge on any atom is 1.00 e. The molecule has 0 N–H and O–H groups in total. The van der Waals surface area contributed by atoms with Crippen molar-refractivity contribution in [3.05, 3.63) is 65.2 Å². The van der Waals surface area contributed by atoms with Gasteiger partial charge in [0.25, 0.3) is 0 Å². The van der Waals surface area contributed by atoms with Gasteiger partial charge in [0.1, 0.15) is 0 Å². The molecular weight excluding hydrogens is 223 g/mol. The van der Waals surface area contributed by atoms with E-state index in [-0.39, 0.29) is 18.9 Å². The average molecular weight is 240 g/mol. The van der Waals surface area contributed by atoms with Crippen LogP contribution in [0.25, 0.3) is 21.9 Å². The molecule has 0 aliphatic rings. The predicted octanol–water partition coefficient (Wildman–Crippen LogP) is 2.15. The molecule has 0 amide bonds. The fraction of sp³-hybridized carbons (Fsp3) is 0.167. The first-order valence-electron chi connectivity index (χ1n) is 6.38. The molecule has 90 valence electrons. The first-order valence-corrected chi connectivity index (χ1v) is 6.38. The van der Waals surface area contributed by atoms with Crippen LogP contribution in [0.2, 0.25) is 0 Å².